The topological polar surface area (TPSA) is 93.6 Å². The summed E-state index contributed by atoms with van der Waals surface area (Å²) in [5, 5.41) is 4.13. The third-order valence-corrected chi connectivity index (χ3v) is 4.25. The first-order valence-corrected chi connectivity index (χ1v) is 7.32. The number of imidazole rings is 1. The summed E-state index contributed by atoms with van der Waals surface area (Å²) in [5.74, 6) is 2.60. The first-order chi connectivity index (χ1) is 9.76. The van der Waals surface area contributed by atoms with Gasteiger partial charge in [0.05, 0.1) is 12.4 Å². The maximum atomic E-state index is 6.11. The molecule has 20 heavy (non-hydrogen) atoms. The molecule has 1 aliphatic carbocycles. The highest BCUT2D eigenvalue weighted by atomic mass is 16.5. The Bertz CT molecular complexity index is 536. The van der Waals surface area contributed by atoms with Crippen LogP contribution in [-0.2, 0) is 6.42 Å². The highest BCUT2D eigenvalue weighted by Crippen LogP contribution is 2.38. The molecule has 1 saturated carbocycles. The molecule has 0 aliphatic heterocycles. The number of hydrogen-bond acceptors (Lipinski definition) is 5. The molecule has 2 aromatic rings. The van der Waals surface area contributed by atoms with Crippen LogP contribution in [0.5, 0.6) is 0 Å². The van der Waals surface area contributed by atoms with Crippen LogP contribution in [-0.4, -0.2) is 20.1 Å². The lowest BCUT2D eigenvalue weighted by atomic mass is 10.0. The third kappa shape index (κ3) is 2.75. The van der Waals surface area contributed by atoms with Gasteiger partial charge in [0.2, 0.25) is 5.89 Å². The van der Waals surface area contributed by atoms with E-state index >= 15 is 0 Å². The van der Waals surface area contributed by atoms with Crippen molar-refractivity contribution in [1.29, 1.82) is 0 Å². The van der Waals surface area contributed by atoms with Crippen molar-refractivity contribution in [3.8, 4) is 0 Å². The molecule has 2 heterocycles. The van der Waals surface area contributed by atoms with Crippen LogP contribution in [0.1, 0.15) is 62.0 Å². The smallest absolute Gasteiger partial charge is 0.243 e. The fourth-order valence-electron chi connectivity index (χ4n) is 2.96. The van der Waals surface area contributed by atoms with Crippen LogP contribution in [0.25, 0.3) is 0 Å². The second-order valence-corrected chi connectivity index (χ2v) is 5.66. The second kappa shape index (κ2) is 5.75. The zero-order chi connectivity index (χ0) is 13.9. The first kappa shape index (κ1) is 13.3. The molecule has 0 aromatic carbocycles. The van der Waals surface area contributed by atoms with Gasteiger partial charge in [0.25, 0.3) is 0 Å². The molecule has 2 unspecified atom stereocenters. The minimum Gasteiger partial charge on any atom is -0.348 e. The van der Waals surface area contributed by atoms with E-state index in [1.807, 2.05) is 0 Å². The summed E-state index contributed by atoms with van der Waals surface area (Å²) in [5.41, 5.74) is 7.08. The van der Waals surface area contributed by atoms with Gasteiger partial charge in [-0.3, -0.25) is 0 Å². The van der Waals surface area contributed by atoms with E-state index in [1.54, 1.807) is 12.5 Å². The first-order valence-electron chi connectivity index (χ1n) is 7.32. The van der Waals surface area contributed by atoms with Crippen LogP contribution >= 0.6 is 0 Å². The minimum atomic E-state index is -0.278. The third-order valence-electron chi connectivity index (χ3n) is 4.25. The second-order valence-electron chi connectivity index (χ2n) is 5.66. The van der Waals surface area contributed by atoms with E-state index in [0.717, 1.165) is 23.9 Å². The Morgan fingerprint density at radius 2 is 2.40 bits per heavy atom. The predicted molar refractivity (Wildman–Crippen MR) is 73.9 cm³/mol. The van der Waals surface area contributed by atoms with Gasteiger partial charge in [-0.25, -0.2) is 4.98 Å². The Labute approximate surface area is 118 Å². The van der Waals surface area contributed by atoms with E-state index < -0.39 is 0 Å². The van der Waals surface area contributed by atoms with Crippen molar-refractivity contribution in [2.75, 3.05) is 0 Å². The fraction of sp³-hybridized carbons (Fsp3) is 0.643. The summed E-state index contributed by atoms with van der Waals surface area (Å²) in [6, 6.07) is -0.278. The van der Waals surface area contributed by atoms with Crippen LogP contribution in [0.4, 0.5) is 0 Å². The molecule has 3 N–H and O–H groups in total. The minimum absolute atomic E-state index is 0.278. The quantitative estimate of drug-likeness (QED) is 0.873. The molecule has 1 aliphatic rings. The van der Waals surface area contributed by atoms with Crippen molar-refractivity contribution in [2.24, 2.45) is 11.7 Å². The average Bonchev–Trinajstić information content (AvgIpc) is 3.19. The van der Waals surface area contributed by atoms with Gasteiger partial charge in [0.1, 0.15) is 0 Å². The van der Waals surface area contributed by atoms with Crippen molar-refractivity contribution in [2.45, 2.75) is 51.0 Å². The molecule has 0 amide bonds. The van der Waals surface area contributed by atoms with Gasteiger partial charge in [-0.2, -0.15) is 4.98 Å². The molecule has 6 heteroatoms. The molecule has 0 radical (unpaired) electrons. The summed E-state index contributed by atoms with van der Waals surface area (Å²) < 4.78 is 5.34. The molecular weight excluding hydrogens is 254 g/mol. The molecule has 0 bridgehead atoms. The van der Waals surface area contributed by atoms with E-state index in [4.69, 9.17) is 10.3 Å². The lowest BCUT2D eigenvalue weighted by molar-refractivity contribution is 0.347. The highest BCUT2D eigenvalue weighted by molar-refractivity contribution is 5.05. The van der Waals surface area contributed by atoms with E-state index in [1.165, 1.54) is 19.3 Å². The standard InChI is InChI=1S/C14H21N5O/c1-2-9-3-4-10(5-9)13-18-14(20-19-13)12(15)6-11-7-16-8-17-11/h7-10,12H,2-6,15H2,1H3,(H,16,17)/t9?,10?,12-/m0/s1. The van der Waals surface area contributed by atoms with E-state index in [9.17, 15) is 0 Å². The Kier molecular flexibility index (Phi) is 3.82. The molecule has 1 fully saturated rings. The van der Waals surface area contributed by atoms with Crippen LogP contribution in [0, 0.1) is 5.92 Å². The van der Waals surface area contributed by atoms with E-state index in [-0.39, 0.29) is 6.04 Å². The van der Waals surface area contributed by atoms with Crippen LogP contribution in [0.3, 0.4) is 0 Å². The van der Waals surface area contributed by atoms with Crippen LogP contribution in [0.2, 0.25) is 0 Å². The molecule has 2 aromatic heterocycles. The number of nitrogens with one attached hydrogen (secondary N) is 1. The molecule has 0 spiro atoms. The molecule has 0 saturated heterocycles. The number of rotatable bonds is 5. The highest BCUT2D eigenvalue weighted by Gasteiger charge is 2.29. The monoisotopic (exact) mass is 275 g/mol. The Morgan fingerprint density at radius 3 is 3.10 bits per heavy atom. The lowest BCUT2D eigenvalue weighted by Gasteiger charge is -2.05. The van der Waals surface area contributed by atoms with Crippen molar-refractivity contribution in [3.05, 3.63) is 29.9 Å². The van der Waals surface area contributed by atoms with Gasteiger partial charge >= 0.3 is 0 Å². The summed E-state index contributed by atoms with van der Waals surface area (Å²) >= 11 is 0. The predicted octanol–water partition coefficient (Wildman–Crippen LogP) is 2.33. The zero-order valence-corrected chi connectivity index (χ0v) is 11.7. The van der Waals surface area contributed by atoms with Gasteiger partial charge in [0.15, 0.2) is 5.82 Å². The SMILES string of the molecule is CCC1CCC(c2noc([C@@H](N)Cc3cnc[nH]3)n2)C1. The number of nitrogens with two attached hydrogens (primary N) is 1. The summed E-state index contributed by atoms with van der Waals surface area (Å²) in [6.45, 7) is 2.25. The number of H-pyrrole nitrogens is 1. The zero-order valence-electron chi connectivity index (χ0n) is 11.7. The van der Waals surface area contributed by atoms with Crippen LogP contribution in [0.15, 0.2) is 17.0 Å². The maximum Gasteiger partial charge on any atom is 0.243 e. The molecule has 6 nitrogen and oxygen atoms in total. The number of aromatic nitrogens is 4. The number of nitrogens with zero attached hydrogens (tertiary/aromatic N) is 3. The van der Waals surface area contributed by atoms with E-state index in [0.29, 0.717) is 18.2 Å². The normalized spacial score (nSPS) is 24.1. The van der Waals surface area contributed by atoms with Crippen molar-refractivity contribution in [3.63, 3.8) is 0 Å². The van der Waals surface area contributed by atoms with Crippen molar-refractivity contribution >= 4 is 0 Å². The molecule has 3 rings (SSSR count). The Morgan fingerprint density at radius 1 is 1.50 bits per heavy atom. The van der Waals surface area contributed by atoms with Crippen LogP contribution < -0.4 is 5.73 Å². The van der Waals surface area contributed by atoms with Crippen molar-refractivity contribution < 1.29 is 4.52 Å². The summed E-state index contributed by atoms with van der Waals surface area (Å²) in [7, 11) is 0. The fourth-order valence-corrected chi connectivity index (χ4v) is 2.96. The number of aromatic amines is 1. The average molecular weight is 275 g/mol. The van der Waals surface area contributed by atoms with Gasteiger partial charge < -0.3 is 15.2 Å². The number of hydrogen-bond donors (Lipinski definition) is 2. The van der Waals surface area contributed by atoms with Gasteiger partial charge in [-0.1, -0.05) is 18.5 Å². The van der Waals surface area contributed by atoms with Gasteiger partial charge in [0, 0.05) is 24.2 Å². The lowest BCUT2D eigenvalue weighted by Crippen LogP contribution is -2.14. The van der Waals surface area contributed by atoms with Gasteiger partial charge in [-0.05, 0) is 25.2 Å². The van der Waals surface area contributed by atoms with Crippen molar-refractivity contribution in [1.82, 2.24) is 20.1 Å². The molecule has 108 valence electrons. The maximum absolute atomic E-state index is 6.11. The largest absolute Gasteiger partial charge is 0.348 e. The summed E-state index contributed by atoms with van der Waals surface area (Å²) in [4.78, 5) is 11.5. The Balaban J connectivity index is 1.64. The summed E-state index contributed by atoms with van der Waals surface area (Å²) in [6.07, 6.45) is 8.87. The Hall–Kier alpha value is -1.69. The molecular formula is C14H21N5O. The van der Waals surface area contributed by atoms with E-state index in [2.05, 4.69) is 27.0 Å². The van der Waals surface area contributed by atoms with Gasteiger partial charge in [-0.15, -0.1) is 0 Å². The molecule has 3 atom stereocenters.